The molecule has 4 nitrogen and oxygen atoms in total. The summed E-state index contributed by atoms with van der Waals surface area (Å²) in [7, 11) is 1.38. The Kier molecular flexibility index (Phi) is 5.56. The number of carbonyl (C=O) groups is 1. The van der Waals surface area contributed by atoms with E-state index >= 15 is 0 Å². The van der Waals surface area contributed by atoms with E-state index in [9.17, 15) is 4.79 Å². The molecule has 0 radical (unpaired) electrons. The highest BCUT2D eigenvalue weighted by Crippen LogP contribution is 2.21. The first-order chi connectivity index (χ1) is 12.5. The summed E-state index contributed by atoms with van der Waals surface area (Å²) in [5.41, 5.74) is 5.75. The van der Waals surface area contributed by atoms with Gasteiger partial charge in [-0.25, -0.2) is 4.79 Å². The van der Waals surface area contributed by atoms with Crippen molar-refractivity contribution in [2.45, 2.75) is 13.8 Å². The van der Waals surface area contributed by atoms with Crippen molar-refractivity contribution in [3.05, 3.63) is 80.7 Å². The van der Waals surface area contributed by atoms with Crippen LogP contribution in [-0.2, 0) is 4.74 Å². The van der Waals surface area contributed by atoms with Gasteiger partial charge in [-0.2, -0.15) is 0 Å². The molecule has 3 rings (SSSR count). The van der Waals surface area contributed by atoms with Crippen LogP contribution in [0, 0.1) is 17.4 Å². The molecule has 5 heteroatoms. The zero-order valence-electron chi connectivity index (χ0n) is 14.9. The lowest BCUT2D eigenvalue weighted by Gasteiger charge is -2.10. The van der Waals surface area contributed by atoms with E-state index in [0.717, 1.165) is 28.3 Å². The zero-order valence-corrected chi connectivity index (χ0v) is 17.0. The minimum Gasteiger partial charge on any atom is -0.465 e. The molecule has 0 saturated heterocycles. The molecule has 0 N–H and O–H groups in total. The molecule has 0 spiro atoms. The summed E-state index contributed by atoms with van der Waals surface area (Å²) in [6.07, 6.45) is 1.89. The molecule has 0 saturated carbocycles. The van der Waals surface area contributed by atoms with Gasteiger partial charge in [0.1, 0.15) is 0 Å². The molecule has 3 aromatic rings. The lowest BCUT2D eigenvalue weighted by atomic mass is 10.2. The Morgan fingerprint density at radius 1 is 1.08 bits per heavy atom. The van der Waals surface area contributed by atoms with Crippen LogP contribution in [-0.4, -0.2) is 23.9 Å². The summed E-state index contributed by atoms with van der Waals surface area (Å²) < 4.78 is 8.09. The van der Waals surface area contributed by atoms with Crippen LogP contribution in [0.3, 0.4) is 0 Å². The average molecular weight is 458 g/mol. The van der Waals surface area contributed by atoms with Crippen molar-refractivity contribution >= 4 is 40.5 Å². The highest BCUT2D eigenvalue weighted by atomic mass is 127. The maximum Gasteiger partial charge on any atom is 0.337 e. The fourth-order valence-electron chi connectivity index (χ4n) is 2.85. The fraction of sp³-hybridized carbons (Fsp3) is 0.143. The Morgan fingerprint density at radius 2 is 1.73 bits per heavy atom. The molecule has 0 fully saturated rings. The largest absolute Gasteiger partial charge is 0.465 e. The molecular weight excluding hydrogens is 439 g/mol. The Morgan fingerprint density at radius 3 is 2.35 bits per heavy atom. The van der Waals surface area contributed by atoms with Gasteiger partial charge in [0, 0.05) is 32.4 Å². The van der Waals surface area contributed by atoms with E-state index in [0.29, 0.717) is 5.56 Å². The van der Waals surface area contributed by atoms with E-state index in [1.165, 1.54) is 10.7 Å². The number of nitrogens with zero attached hydrogens (tertiary/aromatic N) is 2. The highest BCUT2D eigenvalue weighted by Gasteiger charge is 2.11. The van der Waals surface area contributed by atoms with Gasteiger partial charge in [0.15, 0.2) is 0 Å². The van der Waals surface area contributed by atoms with Crippen LogP contribution in [0.5, 0.6) is 0 Å². The van der Waals surface area contributed by atoms with E-state index in [1.807, 2.05) is 42.6 Å². The Balaban J connectivity index is 1.90. The number of aliphatic imine (C=N–C) groups is 1. The lowest BCUT2D eigenvalue weighted by molar-refractivity contribution is 0.0601. The van der Waals surface area contributed by atoms with E-state index in [-0.39, 0.29) is 5.97 Å². The lowest BCUT2D eigenvalue weighted by Crippen LogP contribution is -2.03. The Bertz CT molecular complexity index is 955. The summed E-state index contributed by atoms with van der Waals surface area (Å²) in [6.45, 7) is 4.12. The van der Waals surface area contributed by atoms with Crippen LogP contribution >= 0.6 is 22.6 Å². The molecule has 1 heterocycles. The topological polar surface area (TPSA) is 43.6 Å². The number of rotatable bonds is 4. The number of halogens is 1. The van der Waals surface area contributed by atoms with Crippen molar-refractivity contribution < 1.29 is 9.53 Å². The molecular formula is C21H19IN2O2. The standard InChI is InChI=1S/C21H19IN2O2/c1-14-12-17(13-23-19-8-6-18(22)7-9-19)15(2)24(14)20-10-4-16(5-11-20)21(25)26-3/h4-13H,1-3H3. The monoisotopic (exact) mass is 458 g/mol. The van der Waals surface area contributed by atoms with Crippen LogP contribution in [0.25, 0.3) is 5.69 Å². The number of hydrogen-bond donors (Lipinski definition) is 0. The molecule has 26 heavy (non-hydrogen) atoms. The molecule has 2 aromatic carbocycles. The van der Waals surface area contributed by atoms with Crippen molar-refractivity contribution in [1.29, 1.82) is 0 Å². The van der Waals surface area contributed by atoms with E-state index in [4.69, 9.17) is 4.74 Å². The Labute approximate surface area is 166 Å². The van der Waals surface area contributed by atoms with Crippen molar-refractivity contribution in [3.8, 4) is 5.69 Å². The third-order valence-corrected chi connectivity index (χ3v) is 4.92. The van der Waals surface area contributed by atoms with Crippen LogP contribution in [0.15, 0.2) is 59.6 Å². The van der Waals surface area contributed by atoms with Gasteiger partial charge in [-0.1, -0.05) is 0 Å². The van der Waals surface area contributed by atoms with Crippen LogP contribution in [0.2, 0.25) is 0 Å². The number of benzene rings is 2. The van der Waals surface area contributed by atoms with Gasteiger partial charge in [0.25, 0.3) is 0 Å². The molecule has 0 amide bonds. The van der Waals surface area contributed by atoms with Gasteiger partial charge in [-0.3, -0.25) is 4.99 Å². The summed E-state index contributed by atoms with van der Waals surface area (Å²) in [5.74, 6) is -0.331. The first-order valence-electron chi connectivity index (χ1n) is 8.17. The average Bonchev–Trinajstić information content (AvgIpc) is 2.94. The first kappa shape index (κ1) is 18.4. The van der Waals surface area contributed by atoms with Crippen molar-refractivity contribution in [2.75, 3.05) is 7.11 Å². The second kappa shape index (κ2) is 7.86. The number of esters is 1. The van der Waals surface area contributed by atoms with Crippen LogP contribution in [0.1, 0.15) is 27.3 Å². The van der Waals surface area contributed by atoms with Crippen molar-refractivity contribution in [2.24, 2.45) is 4.99 Å². The Hall–Kier alpha value is -2.41. The van der Waals surface area contributed by atoms with Crippen molar-refractivity contribution in [1.82, 2.24) is 4.57 Å². The second-order valence-electron chi connectivity index (χ2n) is 5.93. The zero-order chi connectivity index (χ0) is 18.7. The molecule has 0 aliphatic rings. The van der Waals surface area contributed by atoms with E-state index in [1.54, 1.807) is 12.1 Å². The quantitative estimate of drug-likeness (QED) is 0.305. The second-order valence-corrected chi connectivity index (χ2v) is 7.18. The molecule has 1 aromatic heterocycles. The normalized spacial score (nSPS) is 11.1. The smallest absolute Gasteiger partial charge is 0.337 e. The molecule has 132 valence electrons. The van der Waals surface area contributed by atoms with E-state index in [2.05, 4.69) is 52.1 Å². The minimum absolute atomic E-state index is 0.331. The fourth-order valence-corrected chi connectivity index (χ4v) is 3.21. The van der Waals surface area contributed by atoms with Crippen LogP contribution in [0.4, 0.5) is 5.69 Å². The highest BCUT2D eigenvalue weighted by molar-refractivity contribution is 14.1. The SMILES string of the molecule is COC(=O)c1ccc(-n2c(C)cc(C=Nc3ccc(I)cc3)c2C)cc1. The summed E-state index contributed by atoms with van der Waals surface area (Å²) in [6, 6.07) is 17.6. The number of ether oxygens (including phenoxy) is 1. The van der Waals surface area contributed by atoms with Gasteiger partial charge in [-0.05, 0) is 91.0 Å². The summed E-state index contributed by atoms with van der Waals surface area (Å²) in [4.78, 5) is 16.2. The summed E-state index contributed by atoms with van der Waals surface area (Å²) >= 11 is 2.28. The van der Waals surface area contributed by atoms with Gasteiger partial charge in [0.2, 0.25) is 0 Å². The molecule has 0 aliphatic carbocycles. The van der Waals surface area contributed by atoms with Gasteiger partial charge >= 0.3 is 5.97 Å². The number of hydrogen-bond acceptors (Lipinski definition) is 3. The van der Waals surface area contributed by atoms with Crippen LogP contribution < -0.4 is 0 Å². The number of aromatic nitrogens is 1. The third-order valence-electron chi connectivity index (χ3n) is 4.20. The molecule has 0 unspecified atom stereocenters. The first-order valence-corrected chi connectivity index (χ1v) is 9.25. The predicted octanol–water partition coefficient (Wildman–Crippen LogP) is 5.24. The maximum absolute atomic E-state index is 11.6. The van der Waals surface area contributed by atoms with Gasteiger partial charge in [-0.15, -0.1) is 0 Å². The number of methoxy groups -OCH3 is 1. The molecule has 0 bridgehead atoms. The minimum atomic E-state index is -0.331. The number of carbonyl (C=O) groups excluding carboxylic acids is 1. The predicted molar refractivity (Wildman–Crippen MR) is 113 cm³/mol. The maximum atomic E-state index is 11.6. The third kappa shape index (κ3) is 3.88. The molecule has 0 atom stereocenters. The van der Waals surface area contributed by atoms with E-state index < -0.39 is 0 Å². The van der Waals surface area contributed by atoms with Gasteiger partial charge < -0.3 is 9.30 Å². The summed E-state index contributed by atoms with van der Waals surface area (Å²) in [5, 5.41) is 0. The van der Waals surface area contributed by atoms with Gasteiger partial charge in [0.05, 0.1) is 18.4 Å². The van der Waals surface area contributed by atoms with Crippen molar-refractivity contribution in [3.63, 3.8) is 0 Å². The number of aryl methyl sites for hydroxylation is 1. The molecule has 0 aliphatic heterocycles.